The highest BCUT2D eigenvalue weighted by Gasteiger charge is 2.20. The molecule has 0 spiro atoms. The van der Waals surface area contributed by atoms with Crippen LogP contribution in [0.1, 0.15) is 11.1 Å². The molecule has 0 amide bonds. The Morgan fingerprint density at radius 2 is 0.855 bits per heavy atom. The van der Waals surface area contributed by atoms with Crippen molar-refractivity contribution in [1.29, 1.82) is 10.5 Å². The van der Waals surface area contributed by atoms with Gasteiger partial charge in [-0.15, -0.1) is 0 Å². The lowest BCUT2D eigenvalue weighted by molar-refractivity contribution is 1.16. The van der Waals surface area contributed by atoms with E-state index < -0.39 is 0 Å². The van der Waals surface area contributed by atoms with E-state index in [0.29, 0.717) is 11.1 Å². The van der Waals surface area contributed by atoms with Crippen LogP contribution < -0.4 is 0 Å². The van der Waals surface area contributed by atoms with E-state index in [1.807, 2.05) is 42.5 Å². The van der Waals surface area contributed by atoms with Crippen LogP contribution in [0.3, 0.4) is 0 Å². The number of nitrogens with zero attached hydrogens (tertiary/aromatic N) is 5. The first kappa shape index (κ1) is 30.7. The topological polar surface area (TPSA) is 62.4 Å². The summed E-state index contributed by atoms with van der Waals surface area (Å²) in [7, 11) is 0. The predicted molar refractivity (Wildman–Crippen MR) is 224 cm³/mol. The zero-order valence-corrected chi connectivity index (χ0v) is 29.5. The molecule has 11 rings (SSSR count). The normalized spacial score (nSPS) is 11.6. The van der Waals surface area contributed by atoms with Gasteiger partial charge in [-0.25, -0.2) is 0 Å². The molecular formula is C50H29N5. The van der Waals surface area contributed by atoms with E-state index in [1.54, 1.807) is 0 Å². The van der Waals surface area contributed by atoms with E-state index in [1.165, 1.54) is 10.8 Å². The highest BCUT2D eigenvalue weighted by molar-refractivity contribution is 6.16. The van der Waals surface area contributed by atoms with Crippen molar-refractivity contribution in [3.05, 3.63) is 187 Å². The maximum atomic E-state index is 10.4. The third kappa shape index (κ3) is 4.51. The molecule has 8 aromatic carbocycles. The van der Waals surface area contributed by atoms with Crippen molar-refractivity contribution in [2.45, 2.75) is 0 Å². The van der Waals surface area contributed by atoms with E-state index >= 15 is 0 Å². The molecule has 0 saturated heterocycles. The molecule has 254 valence electrons. The number of fused-ring (bicyclic) bond motifs is 9. The van der Waals surface area contributed by atoms with Crippen LogP contribution >= 0.6 is 0 Å². The van der Waals surface area contributed by atoms with Gasteiger partial charge in [-0.1, -0.05) is 91.0 Å². The third-order valence-corrected chi connectivity index (χ3v) is 11.0. The fourth-order valence-electron chi connectivity index (χ4n) is 8.76. The van der Waals surface area contributed by atoms with Crippen LogP contribution in [0.4, 0.5) is 0 Å². The van der Waals surface area contributed by atoms with Gasteiger partial charge in [0, 0.05) is 43.7 Å². The van der Waals surface area contributed by atoms with Crippen molar-refractivity contribution in [2.24, 2.45) is 0 Å². The van der Waals surface area contributed by atoms with Crippen LogP contribution in [0.25, 0.3) is 93.6 Å². The summed E-state index contributed by atoms with van der Waals surface area (Å²) in [4.78, 5) is 0. The van der Waals surface area contributed by atoms with Crippen molar-refractivity contribution in [3.8, 4) is 40.3 Å². The second-order valence-corrected chi connectivity index (χ2v) is 14.0. The van der Waals surface area contributed by atoms with Crippen molar-refractivity contribution in [2.75, 3.05) is 0 Å². The summed E-state index contributed by atoms with van der Waals surface area (Å²) in [6.45, 7) is 0. The molecule has 3 heterocycles. The summed E-state index contributed by atoms with van der Waals surface area (Å²) < 4.78 is 6.95. The van der Waals surface area contributed by atoms with E-state index in [2.05, 4.69) is 159 Å². The highest BCUT2D eigenvalue weighted by Crippen LogP contribution is 2.41. The van der Waals surface area contributed by atoms with Crippen LogP contribution in [0.5, 0.6) is 0 Å². The van der Waals surface area contributed by atoms with Crippen molar-refractivity contribution >= 4 is 65.4 Å². The van der Waals surface area contributed by atoms with Crippen molar-refractivity contribution in [3.63, 3.8) is 0 Å². The van der Waals surface area contributed by atoms with E-state index in [0.717, 1.165) is 82.8 Å². The van der Waals surface area contributed by atoms with Crippen LogP contribution in [0.2, 0.25) is 0 Å². The Hall–Kier alpha value is -7.86. The maximum Gasteiger partial charge on any atom is 0.0992 e. The zero-order valence-electron chi connectivity index (χ0n) is 29.5. The molecule has 5 nitrogen and oxygen atoms in total. The third-order valence-electron chi connectivity index (χ3n) is 11.0. The standard InChI is InChI=1S/C50H29N5/c51-30-32-23-24-47-42(27-32)40-15-3-5-17-43(40)53(47)36-12-9-11-34(28-36)35-25-33(31-52)26-37(29-35)54-46-20-8-4-16-41(46)50-48(54)21-10-22-49(50)55-44-18-6-1-13-38(44)39-14-2-7-19-45(39)55/h1-29H. The van der Waals surface area contributed by atoms with E-state index in [9.17, 15) is 10.5 Å². The maximum absolute atomic E-state index is 10.4. The summed E-state index contributed by atoms with van der Waals surface area (Å²) in [5.74, 6) is 0. The number of aromatic nitrogens is 3. The highest BCUT2D eigenvalue weighted by atomic mass is 15.0. The minimum Gasteiger partial charge on any atom is -0.309 e. The molecule has 0 aliphatic rings. The van der Waals surface area contributed by atoms with Gasteiger partial charge < -0.3 is 13.7 Å². The van der Waals surface area contributed by atoms with E-state index in [-0.39, 0.29) is 0 Å². The van der Waals surface area contributed by atoms with Gasteiger partial charge in [0.25, 0.3) is 0 Å². The molecule has 11 aromatic rings. The molecule has 3 aromatic heterocycles. The van der Waals surface area contributed by atoms with Crippen LogP contribution in [0.15, 0.2) is 176 Å². The Kier molecular flexibility index (Phi) is 6.61. The number of para-hydroxylation sites is 4. The summed E-state index contributed by atoms with van der Waals surface area (Å²) in [5, 5.41) is 27.0. The number of hydrogen-bond donors (Lipinski definition) is 0. The summed E-state index contributed by atoms with van der Waals surface area (Å²) in [5.41, 5.74) is 12.8. The van der Waals surface area contributed by atoms with Gasteiger partial charge in [-0.3, -0.25) is 0 Å². The second kappa shape index (κ2) is 11.8. The summed E-state index contributed by atoms with van der Waals surface area (Å²) >= 11 is 0. The van der Waals surface area contributed by atoms with Crippen molar-refractivity contribution in [1.82, 2.24) is 13.7 Å². The largest absolute Gasteiger partial charge is 0.309 e. The lowest BCUT2D eigenvalue weighted by Gasteiger charge is -2.14. The number of nitriles is 2. The lowest BCUT2D eigenvalue weighted by Crippen LogP contribution is -1.98. The Bertz CT molecular complexity index is 3420. The van der Waals surface area contributed by atoms with Gasteiger partial charge in [-0.05, 0) is 96.1 Å². The molecular weight excluding hydrogens is 671 g/mol. The summed E-state index contributed by atoms with van der Waals surface area (Å²) in [6, 6.07) is 66.0. The van der Waals surface area contributed by atoms with Gasteiger partial charge in [0.2, 0.25) is 0 Å². The Labute approximate surface area is 316 Å². The Morgan fingerprint density at radius 3 is 1.55 bits per heavy atom. The number of benzene rings is 8. The minimum absolute atomic E-state index is 0.586. The number of hydrogen-bond acceptors (Lipinski definition) is 2. The van der Waals surface area contributed by atoms with Gasteiger partial charge in [0.1, 0.15) is 0 Å². The van der Waals surface area contributed by atoms with Crippen LogP contribution in [-0.4, -0.2) is 13.7 Å². The molecule has 0 saturated carbocycles. The molecule has 5 heteroatoms. The predicted octanol–water partition coefficient (Wildman–Crippen LogP) is 12.4. The first-order valence-corrected chi connectivity index (χ1v) is 18.3. The molecule has 0 atom stereocenters. The fourth-order valence-corrected chi connectivity index (χ4v) is 8.76. The molecule has 0 N–H and O–H groups in total. The van der Waals surface area contributed by atoms with Crippen molar-refractivity contribution < 1.29 is 0 Å². The molecule has 55 heavy (non-hydrogen) atoms. The molecule has 0 fully saturated rings. The van der Waals surface area contributed by atoms with Gasteiger partial charge in [-0.2, -0.15) is 10.5 Å². The Balaban J connectivity index is 1.13. The smallest absolute Gasteiger partial charge is 0.0992 e. The van der Waals surface area contributed by atoms with Gasteiger partial charge in [0.15, 0.2) is 0 Å². The average molecular weight is 700 g/mol. The minimum atomic E-state index is 0.586. The first-order chi connectivity index (χ1) is 27.2. The van der Waals surface area contributed by atoms with Gasteiger partial charge in [0.05, 0.1) is 62.1 Å². The zero-order chi connectivity index (χ0) is 36.6. The SMILES string of the molecule is N#Cc1cc(-c2cccc(-n3c4ccccc4c4cc(C#N)ccc43)c2)cc(-n2c3ccccc3c3c(-n4c5ccccc5c5ccccc54)cccc32)c1. The second-order valence-electron chi connectivity index (χ2n) is 14.0. The number of rotatable bonds is 4. The molecule has 0 bridgehead atoms. The van der Waals surface area contributed by atoms with Crippen LogP contribution in [-0.2, 0) is 0 Å². The molecule has 0 aliphatic carbocycles. The van der Waals surface area contributed by atoms with E-state index in [4.69, 9.17) is 0 Å². The van der Waals surface area contributed by atoms with Crippen LogP contribution in [0, 0.1) is 22.7 Å². The molecule has 0 radical (unpaired) electrons. The lowest BCUT2D eigenvalue weighted by atomic mass is 10.0. The summed E-state index contributed by atoms with van der Waals surface area (Å²) in [6.07, 6.45) is 0. The molecule has 0 unspecified atom stereocenters. The monoisotopic (exact) mass is 699 g/mol. The Morgan fingerprint density at radius 1 is 0.327 bits per heavy atom. The first-order valence-electron chi connectivity index (χ1n) is 18.3. The van der Waals surface area contributed by atoms with Gasteiger partial charge >= 0.3 is 0 Å². The molecule has 0 aliphatic heterocycles. The quantitative estimate of drug-likeness (QED) is 0.184. The fraction of sp³-hybridized carbons (Fsp3) is 0. The average Bonchev–Trinajstić information content (AvgIpc) is 3.89.